The van der Waals surface area contributed by atoms with Gasteiger partial charge in [0.1, 0.15) is 0 Å². The standard InChI is InChI=1S/C22H24N2O2/c1-16-19(15-21(26)23-13-7-8-14-25)22(17-9-3-2-4-10-17)18-11-5-6-12-20(18)24-16/h2-6,9-12,25H,7-8,13-15H2,1H3,(H,23,26). The van der Waals surface area contributed by atoms with Crippen molar-refractivity contribution in [3.8, 4) is 11.1 Å². The third-order valence-electron chi connectivity index (χ3n) is 4.51. The molecule has 0 atom stereocenters. The molecule has 0 aliphatic heterocycles. The number of benzene rings is 2. The molecule has 1 aromatic heterocycles. The smallest absolute Gasteiger partial charge is 0.224 e. The molecule has 3 rings (SSSR count). The maximum atomic E-state index is 12.4. The van der Waals surface area contributed by atoms with Gasteiger partial charge in [0.25, 0.3) is 0 Å². The van der Waals surface area contributed by atoms with Crippen LogP contribution in [0, 0.1) is 6.92 Å². The fourth-order valence-corrected chi connectivity index (χ4v) is 3.21. The second-order valence-corrected chi connectivity index (χ2v) is 6.39. The summed E-state index contributed by atoms with van der Waals surface area (Å²) in [6, 6.07) is 18.2. The summed E-state index contributed by atoms with van der Waals surface area (Å²) >= 11 is 0. The highest BCUT2D eigenvalue weighted by atomic mass is 16.2. The number of aliphatic hydroxyl groups excluding tert-OH is 1. The topological polar surface area (TPSA) is 62.2 Å². The molecule has 134 valence electrons. The molecule has 0 spiro atoms. The van der Waals surface area contributed by atoms with Crippen molar-refractivity contribution in [2.45, 2.75) is 26.2 Å². The van der Waals surface area contributed by atoms with Crippen LogP contribution < -0.4 is 5.32 Å². The van der Waals surface area contributed by atoms with Crippen LogP contribution >= 0.6 is 0 Å². The number of hydrogen-bond acceptors (Lipinski definition) is 3. The van der Waals surface area contributed by atoms with Gasteiger partial charge in [-0.1, -0.05) is 48.5 Å². The van der Waals surface area contributed by atoms with E-state index in [1.165, 1.54) is 0 Å². The zero-order valence-electron chi connectivity index (χ0n) is 15.0. The number of carbonyl (C=O) groups is 1. The first-order valence-electron chi connectivity index (χ1n) is 9.02. The number of rotatable bonds is 7. The highest BCUT2D eigenvalue weighted by molar-refractivity contribution is 5.98. The van der Waals surface area contributed by atoms with E-state index in [9.17, 15) is 4.79 Å². The summed E-state index contributed by atoms with van der Waals surface area (Å²) in [7, 11) is 0. The Bertz CT molecular complexity index is 891. The highest BCUT2D eigenvalue weighted by Gasteiger charge is 2.16. The Morgan fingerprint density at radius 2 is 1.77 bits per heavy atom. The molecule has 0 saturated heterocycles. The van der Waals surface area contributed by atoms with E-state index < -0.39 is 0 Å². The lowest BCUT2D eigenvalue weighted by molar-refractivity contribution is -0.120. The van der Waals surface area contributed by atoms with Crippen LogP contribution in [0.1, 0.15) is 24.1 Å². The van der Waals surface area contributed by atoms with Crippen molar-refractivity contribution in [2.75, 3.05) is 13.2 Å². The van der Waals surface area contributed by atoms with Crippen molar-refractivity contribution >= 4 is 16.8 Å². The third kappa shape index (κ3) is 4.09. The van der Waals surface area contributed by atoms with E-state index in [1.807, 2.05) is 43.3 Å². The molecule has 26 heavy (non-hydrogen) atoms. The minimum Gasteiger partial charge on any atom is -0.396 e. The van der Waals surface area contributed by atoms with E-state index in [2.05, 4.69) is 23.5 Å². The Balaban J connectivity index is 1.99. The number of nitrogens with zero attached hydrogens (tertiary/aromatic N) is 1. The predicted octanol–water partition coefficient (Wildman–Crippen LogP) is 3.64. The first-order chi connectivity index (χ1) is 12.7. The number of carbonyl (C=O) groups excluding carboxylic acids is 1. The Morgan fingerprint density at radius 3 is 2.54 bits per heavy atom. The molecule has 2 N–H and O–H groups in total. The molecule has 1 amide bonds. The minimum atomic E-state index is -0.0136. The summed E-state index contributed by atoms with van der Waals surface area (Å²) in [5.41, 5.74) is 4.97. The quantitative estimate of drug-likeness (QED) is 0.641. The molecule has 2 aromatic carbocycles. The van der Waals surface area contributed by atoms with Gasteiger partial charge in [-0.3, -0.25) is 9.78 Å². The maximum Gasteiger partial charge on any atom is 0.224 e. The number of hydrogen-bond donors (Lipinski definition) is 2. The molecule has 0 radical (unpaired) electrons. The van der Waals surface area contributed by atoms with Crippen LogP contribution in [0.3, 0.4) is 0 Å². The Kier molecular flexibility index (Phi) is 5.97. The zero-order chi connectivity index (χ0) is 18.4. The summed E-state index contributed by atoms with van der Waals surface area (Å²) in [6.45, 7) is 2.70. The van der Waals surface area contributed by atoms with Gasteiger partial charge in [-0.2, -0.15) is 0 Å². The molecule has 0 saturated carbocycles. The normalized spacial score (nSPS) is 10.8. The van der Waals surface area contributed by atoms with Crippen LogP contribution in [0.15, 0.2) is 54.6 Å². The van der Waals surface area contributed by atoms with E-state index in [0.29, 0.717) is 19.4 Å². The lowest BCUT2D eigenvalue weighted by Crippen LogP contribution is -2.27. The Hall–Kier alpha value is -2.72. The number of unbranched alkanes of at least 4 members (excludes halogenated alkanes) is 1. The summed E-state index contributed by atoms with van der Waals surface area (Å²) in [4.78, 5) is 17.2. The van der Waals surface area contributed by atoms with Crippen LogP contribution in [0.4, 0.5) is 0 Å². The number of aliphatic hydroxyl groups is 1. The molecule has 0 bridgehead atoms. The number of aromatic nitrogens is 1. The van der Waals surface area contributed by atoms with E-state index in [4.69, 9.17) is 10.1 Å². The molecular formula is C22H24N2O2. The first kappa shape index (κ1) is 18.1. The predicted molar refractivity (Wildman–Crippen MR) is 105 cm³/mol. The van der Waals surface area contributed by atoms with Crippen LogP contribution in [-0.4, -0.2) is 29.1 Å². The molecule has 0 unspecified atom stereocenters. The SMILES string of the molecule is Cc1nc2ccccc2c(-c2ccccc2)c1CC(=O)NCCCCO. The number of nitrogens with one attached hydrogen (secondary N) is 1. The van der Waals surface area contributed by atoms with E-state index in [0.717, 1.165) is 39.7 Å². The fourth-order valence-electron chi connectivity index (χ4n) is 3.21. The molecule has 0 aliphatic rings. The number of fused-ring (bicyclic) bond motifs is 1. The number of amides is 1. The lowest BCUT2D eigenvalue weighted by atomic mass is 9.92. The molecule has 0 fully saturated rings. The van der Waals surface area contributed by atoms with Crippen molar-refractivity contribution < 1.29 is 9.90 Å². The molecule has 0 aliphatic carbocycles. The first-order valence-corrected chi connectivity index (χ1v) is 9.02. The summed E-state index contributed by atoms with van der Waals surface area (Å²) in [6.07, 6.45) is 1.78. The zero-order valence-corrected chi connectivity index (χ0v) is 15.0. The van der Waals surface area contributed by atoms with Crippen LogP contribution in [-0.2, 0) is 11.2 Å². The van der Waals surface area contributed by atoms with Gasteiger partial charge in [-0.15, -0.1) is 0 Å². The van der Waals surface area contributed by atoms with Gasteiger partial charge < -0.3 is 10.4 Å². The van der Waals surface area contributed by atoms with E-state index in [-0.39, 0.29) is 12.5 Å². The largest absolute Gasteiger partial charge is 0.396 e. The fraction of sp³-hybridized carbons (Fsp3) is 0.273. The minimum absolute atomic E-state index is 0.0136. The summed E-state index contributed by atoms with van der Waals surface area (Å²) < 4.78 is 0. The van der Waals surface area contributed by atoms with Gasteiger partial charge in [0.15, 0.2) is 0 Å². The van der Waals surface area contributed by atoms with Gasteiger partial charge in [-0.25, -0.2) is 0 Å². The number of pyridine rings is 1. The Morgan fingerprint density at radius 1 is 1.04 bits per heavy atom. The number of aryl methyl sites for hydroxylation is 1. The summed E-state index contributed by atoms with van der Waals surface area (Å²) in [5, 5.41) is 12.8. The maximum absolute atomic E-state index is 12.4. The molecule has 3 aromatic rings. The lowest BCUT2D eigenvalue weighted by Gasteiger charge is -2.16. The van der Waals surface area contributed by atoms with Gasteiger partial charge in [0.05, 0.1) is 11.9 Å². The van der Waals surface area contributed by atoms with Crippen molar-refractivity contribution in [2.24, 2.45) is 0 Å². The average Bonchev–Trinajstić information content (AvgIpc) is 2.66. The average molecular weight is 348 g/mol. The molecular weight excluding hydrogens is 324 g/mol. The van der Waals surface area contributed by atoms with Gasteiger partial charge in [0, 0.05) is 24.2 Å². The van der Waals surface area contributed by atoms with Crippen LogP contribution in [0.5, 0.6) is 0 Å². The van der Waals surface area contributed by atoms with Crippen molar-refractivity contribution in [1.29, 1.82) is 0 Å². The van der Waals surface area contributed by atoms with E-state index >= 15 is 0 Å². The monoisotopic (exact) mass is 348 g/mol. The van der Waals surface area contributed by atoms with Crippen LogP contribution in [0.2, 0.25) is 0 Å². The van der Waals surface area contributed by atoms with E-state index in [1.54, 1.807) is 0 Å². The summed E-state index contributed by atoms with van der Waals surface area (Å²) in [5.74, 6) is -0.0136. The van der Waals surface area contributed by atoms with Crippen molar-refractivity contribution in [3.05, 3.63) is 65.9 Å². The highest BCUT2D eigenvalue weighted by Crippen LogP contribution is 2.33. The second kappa shape index (κ2) is 8.59. The third-order valence-corrected chi connectivity index (χ3v) is 4.51. The molecule has 4 heteroatoms. The van der Waals surface area contributed by atoms with Gasteiger partial charge >= 0.3 is 0 Å². The molecule has 4 nitrogen and oxygen atoms in total. The van der Waals surface area contributed by atoms with Gasteiger partial charge in [-0.05, 0) is 42.5 Å². The molecule has 1 heterocycles. The number of para-hydroxylation sites is 1. The van der Waals surface area contributed by atoms with Crippen LogP contribution in [0.25, 0.3) is 22.0 Å². The second-order valence-electron chi connectivity index (χ2n) is 6.39. The van der Waals surface area contributed by atoms with Crippen molar-refractivity contribution in [3.63, 3.8) is 0 Å². The van der Waals surface area contributed by atoms with Gasteiger partial charge in [0.2, 0.25) is 5.91 Å². The Labute approximate surface area is 153 Å². The van der Waals surface area contributed by atoms with Crippen molar-refractivity contribution in [1.82, 2.24) is 10.3 Å².